The first-order chi connectivity index (χ1) is 7.84. The Morgan fingerprint density at radius 3 is 2.59 bits per heavy atom. The van der Waals surface area contributed by atoms with Crippen molar-refractivity contribution in [2.45, 2.75) is 4.90 Å². The van der Waals surface area contributed by atoms with E-state index in [4.69, 9.17) is 11.5 Å². The summed E-state index contributed by atoms with van der Waals surface area (Å²) in [4.78, 5) is 22.4. The molecule has 1 aromatic rings. The summed E-state index contributed by atoms with van der Waals surface area (Å²) in [5.74, 6) is -1.69. The third kappa shape index (κ3) is 1.62. The first-order valence-corrected chi connectivity index (χ1v) is 6.03. The number of carbonyl (C=O) groups excluding carboxylic acids is 2. The second kappa shape index (κ2) is 3.45. The van der Waals surface area contributed by atoms with Crippen LogP contribution in [0.15, 0.2) is 23.1 Å². The van der Waals surface area contributed by atoms with Crippen molar-refractivity contribution < 1.29 is 18.0 Å². The minimum Gasteiger partial charge on any atom is -0.399 e. The normalized spacial score (nSPS) is 16.9. The molecule has 1 aliphatic rings. The van der Waals surface area contributed by atoms with Crippen molar-refractivity contribution in [3.63, 3.8) is 0 Å². The highest BCUT2D eigenvalue weighted by molar-refractivity contribution is 7.90. The molecule has 1 aromatic carbocycles. The highest BCUT2D eigenvalue weighted by Gasteiger charge is 2.41. The Morgan fingerprint density at radius 2 is 2.00 bits per heavy atom. The van der Waals surface area contributed by atoms with Crippen LogP contribution in [-0.4, -0.2) is 31.1 Å². The molecule has 0 fully saturated rings. The van der Waals surface area contributed by atoms with E-state index in [9.17, 15) is 18.0 Å². The zero-order valence-electron chi connectivity index (χ0n) is 8.58. The predicted molar refractivity (Wildman–Crippen MR) is 58.3 cm³/mol. The Labute approximate surface area is 97.0 Å². The second-order valence-corrected chi connectivity index (χ2v) is 5.37. The van der Waals surface area contributed by atoms with Crippen LogP contribution in [0.25, 0.3) is 0 Å². The van der Waals surface area contributed by atoms with Crippen molar-refractivity contribution in [3.05, 3.63) is 23.8 Å². The number of hydrogen-bond donors (Lipinski definition) is 2. The van der Waals surface area contributed by atoms with Crippen molar-refractivity contribution in [1.82, 2.24) is 4.31 Å². The van der Waals surface area contributed by atoms with E-state index in [0.717, 1.165) is 0 Å². The lowest BCUT2D eigenvalue weighted by Gasteiger charge is -2.11. The number of carbonyl (C=O) groups is 2. The average Bonchev–Trinajstić information content (AvgIpc) is 2.39. The quantitative estimate of drug-likeness (QED) is 0.649. The molecule has 0 saturated heterocycles. The van der Waals surface area contributed by atoms with E-state index >= 15 is 0 Å². The number of nitrogen functional groups attached to an aromatic ring is 1. The summed E-state index contributed by atoms with van der Waals surface area (Å²) >= 11 is 0. The zero-order valence-corrected chi connectivity index (χ0v) is 9.40. The molecule has 8 heteroatoms. The molecule has 0 radical (unpaired) electrons. The maximum absolute atomic E-state index is 11.9. The molecule has 17 heavy (non-hydrogen) atoms. The Kier molecular flexibility index (Phi) is 2.32. The first-order valence-electron chi connectivity index (χ1n) is 4.59. The van der Waals surface area contributed by atoms with Gasteiger partial charge in [-0.25, -0.2) is 12.7 Å². The Hall–Kier alpha value is -2.09. The topological polar surface area (TPSA) is 124 Å². The minimum atomic E-state index is -3.98. The lowest BCUT2D eigenvalue weighted by molar-refractivity contribution is -0.117. The summed E-state index contributed by atoms with van der Waals surface area (Å²) in [6, 6.07) is 3.87. The number of fused-ring (bicyclic) bond motifs is 1. The van der Waals surface area contributed by atoms with Crippen molar-refractivity contribution >= 4 is 27.5 Å². The molecule has 0 aliphatic carbocycles. The van der Waals surface area contributed by atoms with Gasteiger partial charge in [0.2, 0.25) is 5.91 Å². The molecule has 4 N–H and O–H groups in total. The standard InChI is InChI=1S/C9H9N3O4S/c10-5-1-2-7-6(3-5)9(14)12(4-8(11)13)17(7,15)16/h1-3H,4,10H2,(H2,11,13). The van der Waals surface area contributed by atoms with Gasteiger partial charge in [0.05, 0.1) is 5.56 Å². The Balaban J connectivity index is 2.60. The number of nitrogens with two attached hydrogens (primary N) is 2. The van der Waals surface area contributed by atoms with Crippen LogP contribution in [-0.2, 0) is 14.8 Å². The third-order valence-electron chi connectivity index (χ3n) is 2.33. The number of hydrogen-bond acceptors (Lipinski definition) is 5. The molecule has 0 bridgehead atoms. The van der Waals surface area contributed by atoms with Crippen LogP contribution in [0.3, 0.4) is 0 Å². The van der Waals surface area contributed by atoms with Gasteiger partial charge in [-0.3, -0.25) is 9.59 Å². The van der Waals surface area contributed by atoms with E-state index in [-0.39, 0.29) is 16.1 Å². The van der Waals surface area contributed by atoms with Gasteiger partial charge in [0.1, 0.15) is 11.4 Å². The Morgan fingerprint density at radius 1 is 1.35 bits per heavy atom. The summed E-state index contributed by atoms with van der Waals surface area (Å²) in [7, 11) is -3.98. The average molecular weight is 255 g/mol. The lowest BCUT2D eigenvalue weighted by Crippen LogP contribution is -2.37. The summed E-state index contributed by atoms with van der Waals surface area (Å²) in [6.07, 6.45) is 0. The van der Waals surface area contributed by atoms with Gasteiger partial charge in [-0.15, -0.1) is 0 Å². The highest BCUT2D eigenvalue weighted by atomic mass is 32.2. The number of rotatable bonds is 2. The van der Waals surface area contributed by atoms with E-state index in [1.54, 1.807) is 0 Å². The molecule has 0 spiro atoms. The second-order valence-electron chi connectivity index (χ2n) is 3.54. The molecule has 1 heterocycles. The van der Waals surface area contributed by atoms with Gasteiger partial charge in [-0.1, -0.05) is 0 Å². The number of amides is 2. The summed E-state index contributed by atoms with van der Waals surface area (Å²) in [5, 5.41) is 0. The molecule has 2 rings (SSSR count). The molecule has 0 saturated carbocycles. The van der Waals surface area contributed by atoms with Crippen molar-refractivity contribution in [2.24, 2.45) is 5.73 Å². The summed E-state index contributed by atoms with van der Waals surface area (Å²) < 4.78 is 24.2. The Bertz CT molecular complexity index is 623. The SMILES string of the molecule is NC(=O)CN1C(=O)c2cc(N)ccc2S1(=O)=O. The van der Waals surface area contributed by atoms with Gasteiger partial charge in [0.25, 0.3) is 15.9 Å². The zero-order chi connectivity index (χ0) is 12.8. The smallest absolute Gasteiger partial charge is 0.269 e. The molecule has 1 aliphatic heterocycles. The van der Waals surface area contributed by atoms with Gasteiger partial charge < -0.3 is 11.5 Å². The molecule has 2 amide bonds. The van der Waals surface area contributed by atoms with Crippen molar-refractivity contribution in [3.8, 4) is 0 Å². The first kappa shape index (κ1) is 11.4. The third-order valence-corrected chi connectivity index (χ3v) is 4.12. The summed E-state index contributed by atoms with van der Waals surface area (Å²) in [5.41, 5.74) is 10.6. The molecule has 7 nitrogen and oxygen atoms in total. The maximum Gasteiger partial charge on any atom is 0.269 e. The fourth-order valence-electron chi connectivity index (χ4n) is 1.60. The van der Waals surface area contributed by atoms with Crippen LogP contribution in [0.4, 0.5) is 5.69 Å². The predicted octanol–water partition coefficient (Wildman–Crippen LogP) is -1.10. The van der Waals surface area contributed by atoms with E-state index in [2.05, 4.69) is 0 Å². The van der Waals surface area contributed by atoms with Gasteiger partial charge in [0, 0.05) is 5.69 Å². The van der Waals surface area contributed by atoms with Crippen LogP contribution < -0.4 is 11.5 Å². The van der Waals surface area contributed by atoms with Gasteiger partial charge in [-0.05, 0) is 18.2 Å². The van der Waals surface area contributed by atoms with Crippen molar-refractivity contribution in [1.29, 1.82) is 0 Å². The molecule has 90 valence electrons. The number of benzene rings is 1. The number of anilines is 1. The fourth-order valence-corrected chi connectivity index (χ4v) is 3.12. The van der Waals surface area contributed by atoms with E-state index < -0.39 is 28.4 Å². The van der Waals surface area contributed by atoms with Crippen LogP contribution >= 0.6 is 0 Å². The lowest BCUT2D eigenvalue weighted by atomic mass is 10.2. The number of primary amides is 1. The maximum atomic E-state index is 11.9. The monoisotopic (exact) mass is 255 g/mol. The van der Waals surface area contributed by atoms with Crippen LogP contribution in [0, 0.1) is 0 Å². The van der Waals surface area contributed by atoms with Crippen LogP contribution in [0.2, 0.25) is 0 Å². The van der Waals surface area contributed by atoms with Gasteiger partial charge in [-0.2, -0.15) is 0 Å². The molecule has 0 unspecified atom stereocenters. The minimum absolute atomic E-state index is 0.0359. The molecular weight excluding hydrogens is 246 g/mol. The number of sulfonamides is 1. The molecular formula is C9H9N3O4S. The van der Waals surface area contributed by atoms with E-state index in [1.165, 1.54) is 18.2 Å². The number of nitrogens with zero attached hydrogens (tertiary/aromatic N) is 1. The highest BCUT2D eigenvalue weighted by Crippen LogP contribution is 2.31. The van der Waals surface area contributed by atoms with E-state index in [0.29, 0.717) is 4.31 Å². The summed E-state index contributed by atoms with van der Waals surface area (Å²) in [6.45, 7) is -0.671. The molecule has 0 aromatic heterocycles. The fraction of sp³-hybridized carbons (Fsp3) is 0.111. The van der Waals surface area contributed by atoms with Crippen LogP contribution in [0.5, 0.6) is 0 Å². The van der Waals surface area contributed by atoms with Gasteiger partial charge in [0.15, 0.2) is 0 Å². The van der Waals surface area contributed by atoms with Crippen LogP contribution in [0.1, 0.15) is 10.4 Å². The van der Waals surface area contributed by atoms with E-state index in [1.807, 2.05) is 0 Å². The largest absolute Gasteiger partial charge is 0.399 e. The van der Waals surface area contributed by atoms with Gasteiger partial charge >= 0.3 is 0 Å². The van der Waals surface area contributed by atoms with Crippen molar-refractivity contribution in [2.75, 3.05) is 12.3 Å². The molecule has 0 atom stereocenters.